The Morgan fingerprint density at radius 2 is 1.74 bits per heavy atom. The Morgan fingerprint density at radius 1 is 1.04 bits per heavy atom. The van der Waals surface area contributed by atoms with Crippen molar-refractivity contribution in [3.63, 3.8) is 0 Å². The molecule has 1 amide bonds. The van der Waals surface area contributed by atoms with Gasteiger partial charge in [-0.1, -0.05) is 58.4 Å². The number of methoxy groups -OCH3 is 2. The lowest BCUT2D eigenvalue weighted by Gasteiger charge is -2.43. The lowest BCUT2D eigenvalue weighted by molar-refractivity contribution is -0.129. The summed E-state index contributed by atoms with van der Waals surface area (Å²) < 4.78 is 13.6. The number of benzene rings is 2. The Hall–Kier alpha value is -4.39. The van der Waals surface area contributed by atoms with Gasteiger partial charge in [0.25, 0.3) is 11.5 Å². The van der Waals surface area contributed by atoms with E-state index in [2.05, 4.69) is 53.1 Å². The average molecular weight is 720 g/mol. The number of nitrogens with zero attached hydrogens (tertiary/aromatic N) is 5. The van der Waals surface area contributed by atoms with E-state index in [1.807, 2.05) is 51.8 Å². The zero-order valence-electron chi connectivity index (χ0n) is 33.3. The number of hydrogen-bond acceptors (Lipinski definition) is 7. The van der Waals surface area contributed by atoms with Gasteiger partial charge in [0.05, 0.1) is 25.8 Å². The molecular weight excluding hydrogens is 663 g/mol. The van der Waals surface area contributed by atoms with E-state index in [9.17, 15) is 14.9 Å². The summed E-state index contributed by atoms with van der Waals surface area (Å²) in [6.07, 6.45) is 8.69. The van der Waals surface area contributed by atoms with Crippen LogP contribution in [0, 0.1) is 30.6 Å². The van der Waals surface area contributed by atoms with Crippen LogP contribution in [0.5, 0.6) is 11.5 Å². The van der Waals surface area contributed by atoms with Crippen molar-refractivity contribution in [1.29, 1.82) is 5.26 Å². The number of ether oxygens (including phenoxy) is 2. The van der Waals surface area contributed by atoms with Crippen molar-refractivity contribution < 1.29 is 14.3 Å². The summed E-state index contributed by atoms with van der Waals surface area (Å²) >= 11 is 0. The van der Waals surface area contributed by atoms with Gasteiger partial charge in [0, 0.05) is 69.2 Å². The molecule has 282 valence electrons. The monoisotopic (exact) mass is 719 g/mol. The van der Waals surface area contributed by atoms with Gasteiger partial charge in [-0.25, -0.2) is 0 Å². The number of aryl methyl sites for hydroxylation is 1. The molecule has 2 aliphatic heterocycles. The van der Waals surface area contributed by atoms with E-state index in [1.165, 1.54) is 29.5 Å². The number of nitriles is 1. The number of carbonyl (C=O) groups is 1. The normalized spacial score (nSPS) is 18.8. The van der Waals surface area contributed by atoms with Gasteiger partial charge < -0.3 is 18.9 Å². The fourth-order valence-electron chi connectivity index (χ4n) is 8.62. The van der Waals surface area contributed by atoms with E-state index in [0.717, 1.165) is 91.3 Å². The van der Waals surface area contributed by atoms with Gasteiger partial charge in [0.2, 0.25) is 0 Å². The molecule has 53 heavy (non-hydrogen) atoms. The van der Waals surface area contributed by atoms with Crippen LogP contribution in [0.25, 0.3) is 11.1 Å². The Balaban J connectivity index is 1.21. The molecule has 9 heteroatoms. The topological polar surface area (TPSA) is 91.0 Å². The predicted octanol–water partition coefficient (Wildman–Crippen LogP) is 7.26. The number of amides is 1. The van der Waals surface area contributed by atoms with Gasteiger partial charge in [-0.3, -0.25) is 19.4 Å². The zero-order valence-corrected chi connectivity index (χ0v) is 33.3. The molecule has 3 aliphatic rings. The van der Waals surface area contributed by atoms with Crippen LogP contribution in [0.3, 0.4) is 0 Å². The van der Waals surface area contributed by atoms with Crippen molar-refractivity contribution in [2.24, 2.45) is 12.5 Å². The van der Waals surface area contributed by atoms with Gasteiger partial charge in [-0.05, 0) is 84.9 Å². The quantitative estimate of drug-likeness (QED) is 0.161. The van der Waals surface area contributed by atoms with Crippen LogP contribution in [0.2, 0.25) is 0 Å². The van der Waals surface area contributed by atoms with Crippen molar-refractivity contribution in [2.45, 2.75) is 98.3 Å². The van der Waals surface area contributed by atoms with Crippen LogP contribution in [0.4, 0.5) is 0 Å². The van der Waals surface area contributed by atoms with Gasteiger partial charge in [-0.15, -0.1) is 0 Å². The van der Waals surface area contributed by atoms with E-state index in [0.29, 0.717) is 6.54 Å². The standard InChI is InChI=1S/C44H57N5O4/c1-10-12-38-35-14-11-13-31(34(35)15-18-49(38)42(51)33(24-45)23-43(4,5)6)25-48-20-19-47(28-44(48)16-17-44)27-37-39(52-8)21-32(22-40(37)53-9)36-26-46(7)41(50)30(3)29(36)2/h11,13-14,21-23,26,38H,10,12,15-20,25,27-28H2,1-9H3. The van der Waals surface area contributed by atoms with Crippen LogP contribution < -0.4 is 15.0 Å². The SMILES string of the molecule is CCCC1c2cccc(CN3CCN(Cc4c(OC)cc(-c5cn(C)c(=O)c(C)c5C)cc4OC)CC34CC4)c2CCN1C(=O)C(C#N)=CC(C)(C)C. The molecule has 2 fully saturated rings. The molecule has 3 heterocycles. The number of fused-ring (bicyclic) bond motifs is 1. The highest BCUT2D eigenvalue weighted by atomic mass is 16.5. The molecule has 1 aliphatic carbocycles. The summed E-state index contributed by atoms with van der Waals surface area (Å²) in [5, 5.41) is 9.93. The molecule has 0 radical (unpaired) electrons. The maximum Gasteiger partial charge on any atom is 0.264 e. The molecule has 9 nitrogen and oxygen atoms in total. The molecule has 1 spiro atoms. The molecule has 6 rings (SSSR count). The first-order chi connectivity index (χ1) is 25.2. The van der Waals surface area contributed by atoms with E-state index < -0.39 is 0 Å². The van der Waals surface area contributed by atoms with E-state index in [1.54, 1.807) is 25.8 Å². The van der Waals surface area contributed by atoms with Gasteiger partial charge in [0.15, 0.2) is 0 Å². The molecule has 1 atom stereocenters. The second-order valence-corrected chi connectivity index (χ2v) is 16.5. The third kappa shape index (κ3) is 7.67. The minimum atomic E-state index is -0.253. The molecule has 1 saturated heterocycles. The fraction of sp³-hybridized carbons (Fsp3) is 0.523. The van der Waals surface area contributed by atoms with Gasteiger partial charge in [0.1, 0.15) is 23.1 Å². The first-order valence-corrected chi connectivity index (χ1v) is 19.2. The lowest BCUT2D eigenvalue weighted by Crippen LogP contribution is -2.54. The molecule has 2 aromatic carbocycles. The highest BCUT2D eigenvalue weighted by molar-refractivity contribution is 5.97. The van der Waals surface area contributed by atoms with Crippen LogP contribution in [-0.4, -0.2) is 71.1 Å². The maximum absolute atomic E-state index is 13.8. The van der Waals surface area contributed by atoms with Crippen LogP contribution in [-0.2, 0) is 31.4 Å². The summed E-state index contributed by atoms with van der Waals surface area (Å²) in [5.74, 6) is 1.43. The zero-order chi connectivity index (χ0) is 38.2. The summed E-state index contributed by atoms with van der Waals surface area (Å²) in [6.45, 7) is 17.2. The number of rotatable bonds is 10. The Bertz CT molecular complexity index is 1990. The average Bonchev–Trinajstić information content (AvgIpc) is 3.91. The number of aromatic nitrogens is 1. The molecule has 1 unspecified atom stereocenters. The van der Waals surface area contributed by atoms with Crippen LogP contribution >= 0.6 is 0 Å². The third-order valence-corrected chi connectivity index (χ3v) is 11.7. The first kappa shape index (κ1) is 38.3. The highest BCUT2D eigenvalue weighted by Gasteiger charge is 2.51. The van der Waals surface area contributed by atoms with Crippen molar-refractivity contribution in [2.75, 3.05) is 40.4 Å². The van der Waals surface area contributed by atoms with Crippen molar-refractivity contribution in [3.05, 3.63) is 91.9 Å². The molecule has 1 saturated carbocycles. The number of pyridine rings is 1. The summed E-state index contributed by atoms with van der Waals surface area (Å²) in [5.41, 5.74) is 8.84. The highest BCUT2D eigenvalue weighted by Crippen LogP contribution is 2.47. The maximum atomic E-state index is 13.8. The predicted molar refractivity (Wildman–Crippen MR) is 210 cm³/mol. The molecule has 0 N–H and O–H groups in total. The van der Waals surface area contributed by atoms with Crippen LogP contribution in [0.1, 0.15) is 92.8 Å². The summed E-state index contributed by atoms with van der Waals surface area (Å²) in [4.78, 5) is 33.5. The lowest BCUT2D eigenvalue weighted by atomic mass is 9.85. The van der Waals surface area contributed by atoms with Crippen molar-refractivity contribution in [1.82, 2.24) is 19.3 Å². The van der Waals surface area contributed by atoms with Crippen molar-refractivity contribution in [3.8, 4) is 28.7 Å². The van der Waals surface area contributed by atoms with E-state index >= 15 is 0 Å². The fourth-order valence-corrected chi connectivity index (χ4v) is 8.62. The largest absolute Gasteiger partial charge is 0.496 e. The molecular formula is C44H57N5O4. The van der Waals surface area contributed by atoms with E-state index in [-0.39, 0.29) is 34.0 Å². The Kier molecular flexibility index (Phi) is 11.0. The molecule has 3 aromatic rings. The third-order valence-electron chi connectivity index (χ3n) is 11.7. The summed E-state index contributed by atoms with van der Waals surface area (Å²) in [7, 11) is 5.22. The van der Waals surface area contributed by atoms with Crippen molar-refractivity contribution >= 4 is 5.91 Å². The number of hydrogen-bond donors (Lipinski definition) is 0. The summed E-state index contributed by atoms with van der Waals surface area (Å²) in [6, 6.07) is 13.0. The van der Waals surface area contributed by atoms with Gasteiger partial charge in [-0.2, -0.15) is 5.26 Å². The Labute approximate surface area is 315 Å². The molecule has 0 bridgehead atoms. The molecule has 1 aromatic heterocycles. The van der Waals surface area contributed by atoms with Gasteiger partial charge >= 0.3 is 0 Å². The smallest absolute Gasteiger partial charge is 0.264 e. The second kappa shape index (κ2) is 15.2. The second-order valence-electron chi connectivity index (χ2n) is 16.5. The minimum Gasteiger partial charge on any atom is -0.496 e. The first-order valence-electron chi connectivity index (χ1n) is 19.2. The minimum absolute atomic E-state index is 0.0146. The van der Waals surface area contributed by atoms with E-state index in [4.69, 9.17) is 9.47 Å². The van der Waals surface area contributed by atoms with Crippen LogP contribution in [0.15, 0.2) is 53.0 Å². The number of carbonyl (C=O) groups excluding carboxylic acids is 1. The number of piperazine rings is 1. The number of allylic oxidation sites excluding steroid dienone is 1. The Morgan fingerprint density at radius 3 is 2.34 bits per heavy atom.